The second-order valence-electron chi connectivity index (χ2n) is 9.71. The summed E-state index contributed by atoms with van der Waals surface area (Å²) in [6.45, 7) is 4.75. The second kappa shape index (κ2) is 15.0. The molecule has 9 heteroatoms. The first kappa shape index (κ1) is 31.4. The molecule has 1 atom stereocenters. The van der Waals surface area contributed by atoms with E-state index < -0.39 is 16.1 Å². The van der Waals surface area contributed by atoms with E-state index in [1.165, 1.54) is 10.6 Å². The molecule has 214 valence electrons. The average Bonchev–Trinajstić information content (AvgIpc) is 2.93. The van der Waals surface area contributed by atoms with Gasteiger partial charge >= 0.3 is 0 Å². The van der Waals surface area contributed by atoms with Crippen LogP contribution in [0.15, 0.2) is 83.3 Å². The van der Waals surface area contributed by atoms with E-state index in [0.29, 0.717) is 25.1 Å². The topological polar surface area (TPSA) is 86.8 Å². The van der Waals surface area contributed by atoms with E-state index in [4.69, 9.17) is 0 Å². The van der Waals surface area contributed by atoms with Crippen molar-refractivity contribution in [1.82, 2.24) is 10.2 Å². The first-order valence-corrected chi connectivity index (χ1v) is 16.2. The molecule has 2 amide bonds. The first-order valence-electron chi connectivity index (χ1n) is 13.5. The van der Waals surface area contributed by atoms with Gasteiger partial charge in [-0.25, -0.2) is 8.42 Å². The quantitative estimate of drug-likeness (QED) is 0.262. The van der Waals surface area contributed by atoms with E-state index in [2.05, 4.69) is 21.2 Å². The molecule has 3 aromatic rings. The van der Waals surface area contributed by atoms with Crippen LogP contribution >= 0.6 is 15.9 Å². The lowest BCUT2D eigenvalue weighted by molar-refractivity contribution is -0.141. The number of hydrogen-bond donors (Lipinski definition) is 1. The SMILES string of the molecule is CCNC(=O)C(Cc1ccccc1)N(Cc1cccc(Br)c1)C(=O)CCCN(c1ccc(CC)cc1)S(C)(=O)=O. The van der Waals surface area contributed by atoms with Gasteiger partial charge in [0.2, 0.25) is 21.8 Å². The zero-order chi connectivity index (χ0) is 29.1. The zero-order valence-corrected chi connectivity index (χ0v) is 25.7. The maximum atomic E-state index is 13.8. The molecular weight excluding hydrogens is 590 g/mol. The van der Waals surface area contributed by atoms with Gasteiger partial charge in [0.1, 0.15) is 6.04 Å². The Balaban J connectivity index is 1.85. The highest BCUT2D eigenvalue weighted by Gasteiger charge is 2.30. The standard InChI is InChI=1S/C31H38BrN3O4S/c1-4-24-16-18-28(19-17-24)35(40(3,38)39)20-10-15-30(36)34(23-26-13-9-14-27(32)21-26)29(31(37)33-5-2)22-25-11-7-6-8-12-25/h6-9,11-14,16-19,21,29H,4-5,10,15,20,22-23H2,1-3H3,(H,33,37). The fraction of sp³-hybridized carbons (Fsp3) is 0.355. The fourth-order valence-corrected chi connectivity index (χ4v) is 5.99. The molecule has 0 fully saturated rings. The van der Waals surface area contributed by atoms with Gasteiger partial charge in [-0.05, 0) is 60.7 Å². The minimum absolute atomic E-state index is 0.0950. The summed E-state index contributed by atoms with van der Waals surface area (Å²) in [5.41, 5.74) is 3.52. The molecule has 40 heavy (non-hydrogen) atoms. The molecule has 3 rings (SSSR count). The number of rotatable bonds is 14. The van der Waals surface area contributed by atoms with Crippen LogP contribution in [-0.4, -0.2) is 50.5 Å². The molecule has 3 aromatic carbocycles. The molecule has 0 radical (unpaired) electrons. The van der Waals surface area contributed by atoms with E-state index in [1.807, 2.05) is 80.6 Å². The van der Waals surface area contributed by atoms with Crippen LogP contribution in [-0.2, 0) is 39.0 Å². The molecule has 0 saturated heterocycles. The number of aryl methyl sites for hydroxylation is 1. The Morgan fingerprint density at radius 2 is 1.57 bits per heavy atom. The van der Waals surface area contributed by atoms with Crippen molar-refractivity contribution in [3.8, 4) is 0 Å². The monoisotopic (exact) mass is 627 g/mol. The van der Waals surface area contributed by atoms with Gasteiger partial charge in [0, 0.05) is 36.9 Å². The highest BCUT2D eigenvalue weighted by atomic mass is 79.9. The van der Waals surface area contributed by atoms with E-state index in [1.54, 1.807) is 17.0 Å². The molecule has 7 nitrogen and oxygen atoms in total. The summed E-state index contributed by atoms with van der Waals surface area (Å²) >= 11 is 3.50. The van der Waals surface area contributed by atoms with E-state index >= 15 is 0 Å². The predicted molar refractivity (Wildman–Crippen MR) is 165 cm³/mol. The van der Waals surface area contributed by atoms with Gasteiger partial charge in [-0.1, -0.05) is 77.5 Å². The largest absolute Gasteiger partial charge is 0.355 e. The van der Waals surface area contributed by atoms with Crippen molar-refractivity contribution in [3.05, 3.63) is 100 Å². The van der Waals surface area contributed by atoms with Gasteiger partial charge in [0.05, 0.1) is 11.9 Å². The molecule has 0 bridgehead atoms. The lowest BCUT2D eigenvalue weighted by atomic mass is 10.0. The fourth-order valence-electron chi connectivity index (χ4n) is 4.58. The maximum absolute atomic E-state index is 13.8. The van der Waals surface area contributed by atoms with Gasteiger partial charge in [-0.15, -0.1) is 0 Å². The summed E-state index contributed by atoms with van der Waals surface area (Å²) in [6.07, 6.45) is 2.80. The summed E-state index contributed by atoms with van der Waals surface area (Å²) in [5, 5.41) is 2.89. The van der Waals surface area contributed by atoms with Crippen LogP contribution in [0.25, 0.3) is 0 Å². The third kappa shape index (κ3) is 9.20. The molecule has 0 heterocycles. The number of nitrogens with zero attached hydrogens (tertiary/aromatic N) is 2. The number of anilines is 1. The third-order valence-corrected chi connectivity index (χ3v) is 8.34. The van der Waals surface area contributed by atoms with Crippen LogP contribution < -0.4 is 9.62 Å². The third-order valence-electron chi connectivity index (χ3n) is 6.65. The Kier molecular flexibility index (Phi) is 11.8. The number of sulfonamides is 1. The molecule has 0 spiro atoms. The highest BCUT2D eigenvalue weighted by molar-refractivity contribution is 9.10. The van der Waals surface area contributed by atoms with Gasteiger partial charge < -0.3 is 10.2 Å². The number of benzene rings is 3. The molecule has 0 aromatic heterocycles. The van der Waals surface area contributed by atoms with Crippen molar-refractivity contribution in [1.29, 1.82) is 0 Å². The minimum atomic E-state index is -3.55. The predicted octanol–water partition coefficient (Wildman–Crippen LogP) is 5.33. The second-order valence-corrected chi connectivity index (χ2v) is 12.5. The molecule has 1 N–H and O–H groups in total. The van der Waals surface area contributed by atoms with E-state index in [0.717, 1.165) is 27.6 Å². The van der Waals surface area contributed by atoms with Crippen LogP contribution in [0.4, 0.5) is 5.69 Å². The summed E-state index contributed by atoms with van der Waals surface area (Å²) in [6, 6.07) is 24.0. The minimum Gasteiger partial charge on any atom is -0.355 e. The van der Waals surface area contributed by atoms with Crippen molar-refractivity contribution in [2.24, 2.45) is 0 Å². The summed E-state index contributed by atoms with van der Waals surface area (Å²) in [5.74, 6) is -0.426. The number of halogens is 1. The van der Waals surface area contributed by atoms with Gasteiger partial charge in [0.15, 0.2) is 0 Å². The van der Waals surface area contributed by atoms with Crippen LogP contribution in [0.5, 0.6) is 0 Å². The number of amides is 2. The first-order chi connectivity index (χ1) is 19.1. The Bertz CT molecular complexity index is 1360. The van der Waals surface area contributed by atoms with Crippen LogP contribution in [0.3, 0.4) is 0 Å². The number of hydrogen-bond acceptors (Lipinski definition) is 4. The van der Waals surface area contributed by atoms with Crippen LogP contribution in [0.2, 0.25) is 0 Å². The molecule has 0 aliphatic heterocycles. The Labute approximate surface area is 246 Å². The van der Waals surface area contributed by atoms with Crippen molar-refractivity contribution in [2.75, 3.05) is 23.7 Å². The van der Waals surface area contributed by atoms with Crippen LogP contribution in [0, 0.1) is 0 Å². The number of likely N-dealkylation sites (N-methyl/N-ethyl adjacent to an activating group) is 1. The highest BCUT2D eigenvalue weighted by Crippen LogP contribution is 2.22. The number of carbonyl (C=O) groups excluding carboxylic acids is 2. The Morgan fingerprint density at radius 1 is 0.900 bits per heavy atom. The summed E-state index contributed by atoms with van der Waals surface area (Å²) in [4.78, 5) is 28.7. The molecular formula is C31H38BrN3O4S. The van der Waals surface area contributed by atoms with Crippen molar-refractivity contribution < 1.29 is 18.0 Å². The lowest BCUT2D eigenvalue weighted by Gasteiger charge is -2.32. The number of nitrogens with one attached hydrogen (secondary N) is 1. The molecule has 0 aliphatic carbocycles. The molecule has 0 aliphatic rings. The molecule has 1 unspecified atom stereocenters. The van der Waals surface area contributed by atoms with Gasteiger partial charge in [0.25, 0.3) is 0 Å². The lowest BCUT2D eigenvalue weighted by Crippen LogP contribution is -2.50. The van der Waals surface area contributed by atoms with Crippen molar-refractivity contribution >= 4 is 43.5 Å². The van der Waals surface area contributed by atoms with Crippen LogP contribution in [0.1, 0.15) is 43.4 Å². The van der Waals surface area contributed by atoms with Gasteiger partial charge in [-0.2, -0.15) is 0 Å². The Hall–Kier alpha value is -3.17. The Morgan fingerprint density at radius 3 is 2.17 bits per heavy atom. The zero-order valence-electron chi connectivity index (χ0n) is 23.3. The van der Waals surface area contributed by atoms with Gasteiger partial charge in [-0.3, -0.25) is 13.9 Å². The molecule has 0 saturated carbocycles. The maximum Gasteiger partial charge on any atom is 0.243 e. The van der Waals surface area contributed by atoms with E-state index in [9.17, 15) is 18.0 Å². The summed E-state index contributed by atoms with van der Waals surface area (Å²) < 4.78 is 27.4. The van der Waals surface area contributed by atoms with Crippen molar-refractivity contribution in [2.45, 2.75) is 52.1 Å². The number of carbonyl (C=O) groups is 2. The summed E-state index contributed by atoms with van der Waals surface area (Å²) in [7, 11) is -3.55. The average molecular weight is 629 g/mol. The normalized spacial score (nSPS) is 12.0. The van der Waals surface area contributed by atoms with Crippen molar-refractivity contribution in [3.63, 3.8) is 0 Å². The smallest absolute Gasteiger partial charge is 0.243 e. The van der Waals surface area contributed by atoms with E-state index in [-0.39, 0.29) is 31.3 Å².